The van der Waals surface area contributed by atoms with E-state index in [9.17, 15) is 9.90 Å². The van der Waals surface area contributed by atoms with Crippen molar-refractivity contribution in [2.75, 3.05) is 27.4 Å². The molecular weight excluding hydrogens is 490 g/mol. The van der Waals surface area contributed by atoms with E-state index in [0.29, 0.717) is 19.4 Å². The molecule has 1 amide bonds. The Kier molecular flexibility index (Phi) is 10.0. The van der Waals surface area contributed by atoms with E-state index >= 15 is 0 Å². The molecule has 39 heavy (non-hydrogen) atoms. The number of nitrogens with zero attached hydrogens (tertiary/aromatic N) is 1. The number of unbranched alkanes of at least 4 members (excludes halogenated alkanes) is 3. The van der Waals surface area contributed by atoms with Gasteiger partial charge in [-0.25, -0.2) is 0 Å². The molecule has 1 saturated heterocycles. The predicted octanol–water partition coefficient (Wildman–Crippen LogP) is 5.94. The number of hydrogen-bond acceptors (Lipinski definition) is 5. The van der Waals surface area contributed by atoms with Crippen LogP contribution in [-0.4, -0.2) is 55.4 Å². The Morgan fingerprint density at radius 3 is 1.95 bits per heavy atom. The van der Waals surface area contributed by atoms with Crippen LogP contribution >= 0.6 is 0 Å². The third-order valence-electron chi connectivity index (χ3n) is 7.62. The van der Waals surface area contributed by atoms with Crippen molar-refractivity contribution in [3.05, 3.63) is 95.6 Å². The van der Waals surface area contributed by atoms with Crippen LogP contribution in [0.1, 0.15) is 62.1 Å². The Labute approximate surface area is 232 Å². The summed E-state index contributed by atoms with van der Waals surface area (Å²) >= 11 is 0. The highest BCUT2D eigenvalue weighted by Gasteiger charge is 2.41. The normalized spacial score (nSPS) is 17.3. The molecule has 1 fully saturated rings. The average molecular weight is 532 g/mol. The molecule has 3 aromatic carbocycles. The van der Waals surface area contributed by atoms with Gasteiger partial charge in [-0.2, -0.15) is 0 Å². The molecule has 208 valence electrons. The molecule has 2 atom stereocenters. The number of rotatable bonds is 13. The highest BCUT2D eigenvalue weighted by atomic mass is 16.5. The van der Waals surface area contributed by atoms with Gasteiger partial charge >= 0.3 is 0 Å². The fraction of sp³-hybridized carbons (Fsp3) is 0.424. The van der Waals surface area contributed by atoms with E-state index in [-0.39, 0.29) is 18.6 Å². The lowest BCUT2D eigenvalue weighted by molar-refractivity contribution is -0.134. The van der Waals surface area contributed by atoms with Gasteiger partial charge in [0.2, 0.25) is 5.91 Å². The minimum Gasteiger partial charge on any atom is -0.497 e. The number of carbonyl (C=O) groups excluding carboxylic acids is 1. The third-order valence-corrected chi connectivity index (χ3v) is 7.62. The first-order valence-corrected chi connectivity index (χ1v) is 14.0. The maximum absolute atomic E-state index is 13.2. The van der Waals surface area contributed by atoms with Crippen LogP contribution in [0.4, 0.5) is 0 Å². The van der Waals surface area contributed by atoms with Crippen molar-refractivity contribution in [1.29, 1.82) is 0 Å². The first kappa shape index (κ1) is 28.7. The monoisotopic (exact) mass is 531 g/mol. The van der Waals surface area contributed by atoms with Crippen LogP contribution in [0.2, 0.25) is 0 Å². The minimum atomic E-state index is -0.955. The van der Waals surface area contributed by atoms with Gasteiger partial charge in [-0.1, -0.05) is 80.8 Å². The molecule has 1 N–H and O–H groups in total. The Morgan fingerprint density at radius 1 is 0.846 bits per heavy atom. The summed E-state index contributed by atoms with van der Waals surface area (Å²) in [6.45, 7) is 2.80. The van der Waals surface area contributed by atoms with E-state index in [4.69, 9.17) is 14.2 Å². The Balaban J connectivity index is 1.71. The second-order valence-corrected chi connectivity index (χ2v) is 10.2. The number of aliphatic hydroxyl groups is 1. The van der Waals surface area contributed by atoms with Gasteiger partial charge in [0.15, 0.2) is 0 Å². The summed E-state index contributed by atoms with van der Waals surface area (Å²) in [6.07, 6.45) is 4.63. The maximum atomic E-state index is 13.2. The molecular formula is C33H41NO5. The second kappa shape index (κ2) is 13.6. The number of carbonyl (C=O) groups is 1. The van der Waals surface area contributed by atoms with Crippen LogP contribution in [-0.2, 0) is 15.1 Å². The van der Waals surface area contributed by atoms with Gasteiger partial charge < -0.3 is 24.2 Å². The summed E-state index contributed by atoms with van der Waals surface area (Å²) in [5.41, 5.74) is 1.89. The second-order valence-electron chi connectivity index (χ2n) is 10.2. The smallest absolute Gasteiger partial charge is 0.222 e. The number of ether oxygens (including phenoxy) is 3. The number of methoxy groups -OCH3 is 2. The summed E-state index contributed by atoms with van der Waals surface area (Å²) in [7, 11) is 3.30. The number of benzene rings is 3. The number of amides is 1. The first-order chi connectivity index (χ1) is 19.0. The highest BCUT2D eigenvalue weighted by Crippen LogP contribution is 2.42. The molecule has 0 saturated carbocycles. The Hall–Kier alpha value is -3.35. The van der Waals surface area contributed by atoms with Crippen LogP contribution < -0.4 is 9.47 Å². The quantitative estimate of drug-likeness (QED) is 0.218. The van der Waals surface area contributed by atoms with Crippen LogP contribution in [0.25, 0.3) is 0 Å². The van der Waals surface area contributed by atoms with Gasteiger partial charge in [0.05, 0.1) is 33.0 Å². The summed E-state index contributed by atoms with van der Waals surface area (Å²) in [6, 6.07) is 25.8. The lowest BCUT2D eigenvalue weighted by Crippen LogP contribution is -2.42. The number of hydrogen-bond donors (Lipinski definition) is 1. The molecule has 4 rings (SSSR count). The van der Waals surface area contributed by atoms with E-state index in [1.165, 1.54) is 0 Å². The van der Waals surface area contributed by atoms with E-state index in [2.05, 4.69) is 19.1 Å². The molecule has 1 aliphatic rings. The van der Waals surface area contributed by atoms with Crippen molar-refractivity contribution in [2.24, 2.45) is 0 Å². The van der Waals surface area contributed by atoms with Gasteiger partial charge in [-0.05, 0) is 53.8 Å². The van der Waals surface area contributed by atoms with Crippen LogP contribution in [0.3, 0.4) is 0 Å². The summed E-state index contributed by atoms with van der Waals surface area (Å²) < 4.78 is 17.9. The molecule has 0 radical (unpaired) electrons. The molecule has 1 aliphatic heterocycles. The minimum absolute atomic E-state index is 0.0930. The zero-order valence-corrected chi connectivity index (χ0v) is 23.3. The van der Waals surface area contributed by atoms with Crippen LogP contribution in [0.5, 0.6) is 11.5 Å². The van der Waals surface area contributed by atoms with Crippen molar-refractivity contribution in [3.8, 4) is 11.5 Å². The lowest BCUT2D eigenvalue weighted by Gasteiger charge is -2.38. The van der Waals surface area contributed by atoms with Crippen LogP contribution in [0, 0.1) is 0 Å². The molecule has 1 heterocycles. The van der Waals surface area contributed by atoms with Crippen LogP contribution in [0.15, 0.2) is 78.9 Å². The van der Waals surface area contributed by atoms with Crippen molar-refractivity contribution in [3.63, 3.8) is 0 Å². The molecule has 3 aromatic rings. The van der Waals surface area contributed by atoms with E-state index in [1.54, 1.807) is 14.2 Å². The van der Waals surface area contributed by atoms with Crippen molar-refractivity contribution < 1.29 is 24.1 Å². The predicted molar refractivity (Wildman–Crippen MR) is 153 cm³/mol. The molecule has 0 spiro atoms. The SMILES string of the molecule is CCCCCCC(=O)N1C[C@H](O)C[C@H]1COC(c1ccccc1)(c1ccc(OC)cc1)c1ccc(OC)cc1. The lowest BCUT2D eigenvalue weighted by atomic mass is 9.80. The van der Waals surface area contributed by atoms with E-state index in [1.807, 2.05) is 71.6 Å². The summed E-state index contributed by atoms with van der Waals surface area (Å²) in [4.78, 5) is 15.0. The molecule has 0 aromatic heterocycles. The van der Waals surface area contributed by atoms with Gasteiger partial charge in [-0.15, -0.1) is 0 Å². The standard InChI is InChI=1S/C33H41NO5/c1-4-5-6-10-13-32(36)34-23-29(35)22-28(34)24-39-33(25-11-8-7-9-12-25,26-14-18-30(37-2)19-15-26)27-16-20-31(38-3)21-17-27/h7-9,11-12,14-21,28-29,35H,4-6,10,13,22-24H2,1-3H3/t28-,29+/m0/s1. The maximum Gasteiger partial charge on any atom is 0.222 e. The number of β-amino-alcohol motifs (C(OH)–C–C–N with tert-alkyl or cyclic N) is 1. The zero-order chi connectivity index (χ0) is 27.7. The molecule has 0 unspecified atom stereocenters. The van der Waals surface area contributed by atoms with Gasteiger partial charge in [0.25, 0.3) is 0 Å². The van der Waals surface area contributed by atoms with Crippen molar-refractivity contribution in [2.45, 2.75) is 63.2 Å². The highest BCUT2D eigenvalue weighted by molar-refractivity contribution is 5.77. The van der Waals surface area contributed by atoms with Gasteiger partial charge in [0.1, 0.15) is 17.1 Å². The average Bonchev–Trinajstić information content (AvgIpc) is 3.37. The Bertz CT molecular complexity index is 1120. The molecule has 0 aliphatic carbocycles. The zero-order valence-electron chi connectivity index (χ0n) is 23.3. The first-order valence-electron chi connectivity index (χ1n) is 14.0. The number of aliphatic hydroxyl groups excluding tert-OH is 1. The van der Waals surface area contributed by atoms with E-state index < -0.39 is 11.7 Å². The summed E-state index contributed by atoms with van der Waals surface area (Å²) in [5, 5.41) is 10.5. The third kappa shape index (κ3) is 6.63. The number of likely N-dealkylation sites (tertiary alicyclic amines) is 1. The van der Waals surface area contributed by atoms with E-state index in [0.717, 1.165) is 53.9 Å². The molecule has 0 bridgehead atoms. The van der Waals surface area contributed by atoms with Gasteiger partial charge in [-0.3, -0.25) is 4.79 Å². The van der Waals surface area contributed by atoms with Gasteiger partial charge in [0, 0.05) is 13.0 Å². The topological polar surface area (TPSA) is 68.2 Å². The van der Waals surface area contributed by atoms with Crippen molar-refractivity contribution in [1.82, 2.24) is 4.90 Å². The molecule has 6 nitrogen and oxygen atoms in total. The van der Waals surface area contributed by atoms with Crippen molar-refractivity contribution >= 4 is 5.91 Å². The molecule has 6 heteroatoms. The fourth-order valence-corrected chi connectivity index (χ4v) is 5.50. The Morgan fingerprint density at radius 2 is 1.41 bits per heavy atom. The largest absolute Gasteiger partial charge is 0.497 e. The fourth-order valence-electron chi connectivity index (χ4n) is 5.50. The summed E-state index contributed by atoms with van der Waals surface area (Å²) in [5.74, 6) is 1.61.